The van der Waals surface area contributed by atoms with Gasteiger partial charge in [-0.25, -0.2) is 4.39 Å². The number of methoxy groups -OCH3 is 1. The Morgan fingerprint density at radius 3 is 2.55 bits per heavy atom. The zero-order valence-corrected chi connectivity index (χ0v) is 12.6. The van der Waals surface area contributed by atoms with Gasteiger partial charge in [-0.05, 0) is 42.8 Å². The van der Waals surface area contributed by atoms with E-state index in [0.717, 1.165) is 11.3 Å². The number of anilines is 1. The Morgan fingerprint density at radius 2 is 1.90 bits per heavy atom. The quantitative estimate of drug-likeness (QED) is 0.825. The van der Waals surface area contributed by atoms with Crippen LogP contribution in [0.15, 0.2) is 36.4 Å². The monoisotopic (exact) mass is 313 g/mol. The molecule has 2 nitrogen and oxygen atoms in total. The van der Waals surface area contributed by atoms with Crippen molar-refractivity contribution in [1.29, 1.82) is 0 Å². The van der Waals surface area contributed by atoms with Crippen LogP contribution in [0.5, 0.6) is 5.75 Å². The molecule has 2 aromatic carbocycles. The lowest BCUT2D eigenvalue weighted by Crippen LogP contribution is -2.08. The van der Waals surface area contributed by atoms with Crippen LogP contribution in [0.3, 0.4) is 0 Å². The van der Waals surface area contributed by atoms with Crippen LogP contribution in [-0.2, 0) is 0 Å². The highest BCUT2D eigenvalue weighted by atomic mass is 35.5. The highest BCUT2D eigenvalue weighted by molar-refractivity contribution is 6.31. The van der Waals surface area contributed by atoms with Crippen LogP contribution >= 0.6 is 23.2 Å². The molecular weight excluding hydrogens is 300 g/mol. The number of hydrogen-bond donors (Lipinski definition) is 1. The highest BCUT2D eigenvalue weighted by Crippen LogP contribution is 2.32. The first-order valence-electron chi connectivity index (χ1n) is 6.06. The summed E-state index contributed by atoms with van der Waals surface area (Å²) in [6, 6.07) is 9.53. The summed E-state index contributed by atoms with van der Waals surface area (Å²) in [4.78, 5) is 0. The Labute approximate surface area is 127 Å². The Bertz CT molecular complexity index is 619. The third kappa shape index (κ3) is 3.35. The second-order valence-electron chi connectivity index (χ2n) is 4.38. The first kappa shape index (κ1) is 14.9. The molecule has 0 aliphatic carbocycles. The van der Waals surface area contributed by atoms with Crippen LogP contribution in [0.1, 0.15) is 18.5 Å². The van der Waals surface area contributed by atoms with E-state index in [0.29, 0.717) is 15.8 Å². The molecule has 0 aromatic heterocycles. The van der Waals surface area contributed by atoms with Crippen LogP contribution in [0.25, 0.3) is 0 Å². The summed E-state index contributed by atoms with van der Waals surface area (Å²) in [6.45, 7) is 1.93. The van der Waals surface area contributed by atoms with Crippen LogP contribution < -0.4 is 10.1 Å². The van der Waals surface area contributed by atoms with E-state index >= 15 is 0 Å². The smallest absolute Gasteiger partial charge is 0.142 e. The Kier molecular flexibility index (Phi) is 4.73. The molecular formula is C15H14Cl2FNO. The van der Waals surface area contributed by atoms with E-state index in [4.69, 9.17) is 27.9 Å². The lowest BCUT2D eigenvalue weighted by molar-refractivity contribution is 0.416. The zero-order chi connectivity index (χ0) is 14.7. The molecule has 1 N–H and O–H groups in total. The molecule has 1 atom stereocenters. The van der Waals surface area contributed by atoms with Crippen LogP contribution in [0, 0.1) is 5.82 Å². The van der Waals surface area contributed by atoms with Gasteiger partial charge in [-0.3, -0.25) is 0 Å². The van der Waals surface area contributed by atoms with E-state index in [2.05, 4.69) is 5.32 Å². The first-order chi connectivity index (χ1) is 9.51. The van der Waals surface area contributed by atoms with Gasteiger partial charge in [0.2, 0.25) is 0 Å². The molecule has 106 valence electrons. The molecule has 0 amide bonds. The molecule has 1 unspecified atom stereocenters. The molecule has 2 rings (SSSR count). The maximum Gasteiger partial charge on any atom is 0.142 e. The average Bonchev–Trinajstić information content (AvgIpc) is 2.38. The molecule has 0 aliphatic rings. The SMILES string of the molecule is COc1ccc(Cl)cc1NC(C)c1ccc(F)cc1Cl. The summed E-state index contributed by atoms with van der Waals surface area (Å²) in [5.41, 5.74) is 1.56. The van der Waals surface area contributed by atoms with Crippen molar-refractivity contribution in [3.8, 4) is 5.75 Å². The van der Waals surface area contributed by atoms with Crippen molar-refractivity contribution in [2.45, 2.75) is 13.0 Å². The Hall–Kier alpha value is -1.45. The molecule has 0 spiro atoms. The Balaban J connectivity index is 2.27. The number of hydrogen-bond acceptors (Lipinski definition) is 2. The normalized spacial score (nSPS) is 12.1. The van der Waals surface area contributed by atoms with Gasteiger partial charge in [0.05, 0.1) is 18.8 Å². The fourth-order valence-electron chi connectivity index (χ4n) is 1.96. The molecule has 0 fully saturated rings. The predicted octanol–water partition coefficient (Wildman–Crippen LogP) is 5.31. The Morgan fingerprint density at radius 1 is 1.15 bits per heavy atom. The number of nitrogens with one attached hydrogen (secondary N) is 1. The molecule has 0 saturated heterocycles. The largest absolute Gasteiger partial charge is 0.495 e. The minimum Gasteiger partial charge on any atom is -0.495 e. The van der Waals surface area contributed by atoms with Gasteiger partial charge < -0.3 is 10.1 Å². The van der Waals surface area contributed by atoms with Crippen LogP contribution in [0.2, 0.25) is 10.0 Å². The third-order valence-electron chi connectivity index (χ3n) is 2.96. The molecule has 5 heteroatoms. The van der Waals surface area contributed by atoms with Crippen molar-refractivity contribution in [2.24, 2.45) is 0 Å². The first-order valence-corrected chi connectivity index (χ1v) is 6.82. The second-order valence-corrected chi connectivity index (χ2v) is 5.22. The van der Waals surface area contributed by atoms with Gasteiger partial charge in [0.15, 0.2) is 0 Å². The van der Waals surface area contributed by atoms with Crippen molar-refractivity contribution in [3.63, 3.8) is 0 Å². The van der Waals surface area contributed by atoms with Gasteiger partial charge in [-0.2, -0.15) is 0 Å². The summed E-state index contributed by atoms with van der Waals surface area (Å²) in [5, 5.41) is 4.25. The minimum absolute atomic E-state index is 0.115. The van der Waals surface area contributed by atoms with Crippen molar-refractivity contribution < 1.29 is 9.13 Å². The number of rotatable bonds is 4. The fourth-order valence-corrected chi connectivity index (χ4v) is 2.46. The topological polar surface area (TPSA) is 21.3 Å². The van der Waals surface area contributed by atoms with E-state index in [1.165, 1.54) is 12.1 Å². The molecule has 0 heterocycles. The van der Waals surface area contributed by atoms with E-state index < -0.39 is 0 Å². The number of halogens is 3. The minimum atomic E-state index is -0.355. The lowest BCUT2D eigenvalue weighted by Gasteiger charge is -2.19. The van der Waals surface area contributed by atoms with Crippen molar-refractivity contribution >= 4 is 28.9 Å². The molecule has 0 radical (unpaired) electrons. The molecule has 0 bridgehead atoms. The van der Waals surface area contributed by atoms with E-state index in [1.54, 1.807) is 31.4 Å². The van der Waals surface area contributed by atoms with E-state index in [9.17, 15) is 4.39 Å². The highest BCUT2D eigenvalue weighted by Gasteiger charge is 2.13. The lowest BCUT2D eigenvalue weighted by atomic mass is 10.1. The maximum absolute atomic E-state index is 13.1. The van der Waals surface area contributed by atoms with Gasteiger partial charge in [0, 0.05) is 10.0 Å². The number of ether oxygens (including phenoxy) is 1. The van der Waals surface area contributed by atoms with Crippen LogP contribution in [-0.4, -0.2) is 7.11 Å². The molecule has 20 heavy (non-hydrogen) atoms. The summed E-state index contributed by atoms with van der Waals surface area (Å²) in [6.07, 6.45) is 0. The maximum atomic E-state index is 13.1. The van der Waals surface area contributed by atoms with Crippen LogP contribution in [0.4, 0.5) is 10.1 Å². The second kappa shape index (κ2) is 6.33. The summed E-state index contributed by atoms with van der Waals surface area (Å²) in [5.74, 6) is 0.325. The predicted molar refractivity (Wildman–Crippen MR) is 81.5 cm³/mol. The number of benzene rings is 2. The summed E-state index contributed by atoms with van der Waals surface area (Å²) >= 11 is 12.0. The molecule has 0 aliphatic heterocycles. The van der Waals surface area contributed by atoms with Gasteiger partial charge in [-0.15, -0.1) is 0 Å². The van der Waals surface area contributed by atoms with Crippen molar-refractivity contribution in [3.05, 3.63) is 57.8 Å². The fraction of sp³-hybridized carbons (Fsp3) is 0.200. The van der Waals surface area contributed by atoms with Gasteiger partial charge >= 0.3 is 0 Å². The molecule has 0 saturated carbocycles. The summed E-state index contributed by atoms with van der Waals surface area (Å²) < 4.78 is 18.3. The van der Waals surface area contributed by atoms with Gasteiger partial charge in [0.25, 0.3) is 0 Å². The molecule has 2 aromatic rings. The van der Waals surface area contributed by atoms with E-state index in [-0.39, 0.29) is 11.9 Å². The zero-order valence-electron chi connectivity index (χ0n) is 11.1. The average molecular weight is 314 g/mol. The van der Waals surface area contributed by atoms with Gasteiger partial charge in [-0.1, -0.05) is 29.3 Å². The van der Waals surface area contributed by atoms with Gasteiger partial charge in [0.1, 0.15) is 11.6 Å². The standard InChI is InChI=1S/C15H14Cl2FNO/c1-9(12-5-4-11(18)8-13(12)17)19-14-7-10(16)3-6-15(14)20-2/h3-9,19H,1-2H3. The third-order valence-corrected chi connectivity index (χ3v) is 3.52. The van der Waals surface area contributed by atoms with Crippen molar-refractivity contribution in [2.75, 3.05) is 12.4 Å². The summed E-state index contributed by atoms with van der Waals surface area (Å²) in [7, 11) is 1.59. The van der Waals surface area contributed by atoms with E-state index in [1.807, 2.05) is 6.92 Å². The van der Waals surface area contributed by atoms with Crippen molar-refractivity contribution in [1.82, 2.24) is 0 Å².